The van der Waals surface area contributed by atoms with Crippen molar-refractivity contribution in [2.24, 2.45) is 0 Å². The number of rotatable bonds is 5. The van der Waals surface area contributed by atoms with E-state index in [4.69, 9.17) is 4.74 Å². The standard InChI is InChI=1S/C13H16F3N3O3/c14-13(15,16)5-8-18-6-3-11(4-7-18)22-12-2-1-10(9-17-12)19(20)21/h1-2,9,11H,3-8H2. The van der Waals surface area contributed by atoms with Crippen LogP contribution in [0.15, 0.2) is 18.3 Å². The predicted octanol–water partition coefficient (Wildman–Crippen LogP) is 2.79. The van der Waals surface area contributed by atoms with E-state index in [0.29, 0.717) is 31.8 Å². The summed E-state index contributed by atoms with van der Waals surface area (Å²) in [5.74, 6) is 0.291. The number of piperidine rings is 1. The van der Waals surface area contributed by atoms with Crippen molar-refractivity contribution in [2.45, 2.75) is 31.5 Å². The second kappa shape index (κ2) is 6.91. The molecule has 1 aromatic rings. The zero-order chi connectivity index (χ0) is 16.2. The number of aromatic nitrogens is 1. The Labute approximate surface area is 125 Å². The molecule has 1 aliphatic heterocycles. The Bertz CT molecular complexity index is 499. The molecule has 0 radical (unpaired) electrons. The molecule has 0 N–H and O–H groups in total. The average molecular weight is 319 g/mol. The van der Waals surface area contributed by atoms with E-state index >= 15 is 0 Å². The van der Waals surface area contributed by atoms with Crippen molar-refractivity contribution < 1.29 is 22.8 Å². The topological polar surface area (TPSA) is 68.5 Å². The number of pyridine rings is 1. The first-order valence-corrected chi connectivity index (χ1v) is 6.90. The third-order valence-electron chi connectivity index (χ3n) is 3.47. The molecule has 0 spiro atoms. The smallest absolute Gasteiger partial charge is 0.390 e. The number of halogens is 3. The van der Waals surface area contributed by atoms with Gasteiger partial charge in [0.1, 0.15) is 12.3 Å². The van der Waals surface area contributed by atoms with E-state index in [9.17, 15) is 23.3 Å². The van der Waals surface area contributed by atoms with Crippen LogP contribution in [0.25, 0.3) is 0 Å². The summed E-state index contributed by atoms with van der Waals surface area (Å²) in [5.41, 5.74) is -0.116. The molecule has 1 fully saturated rings. The van der Waals surface area contributed by atoms with Gasteiger partial charge in [-0.2, -0.15) is 13.2 Å². The lowest BCUT2D eigenvalue weighted by atomic mass is 10.1. The molecule has 1 aliphatic rings. The summed E-state index contributed by atoms with van der Waals surface area (Å²) in [4.78, 5) is 15.6. The van der Waals surface area contributed by atoms with Crippen LogP contribution in [0.4, 0.5) is 18.9 Å². The fraction of sp³-hybridized carbons (Fsp3) is 0.615. The molecule has 1 aromatic heterocycles. The van der Waals surface area contributed by atoms with Gasteiger partial charge in [0.15, 0.2) is 0 Å². The van der Waals surface area contributed by atoms with E-state index in [1.54, 1.807) is 4.90 Å². The molecule has 0 amide bonds. The van der Waals surface area contributed by atoms with Crippen LogP contribution in [0.1, 0.15) is 19.3 Å². The minimum atomic E-state index is -4.13. The summed E-state index contributed by atoms with van der Waals surface area (Å²) < 4.78 is 42.1. The lowest BCUT2D eigenvalue weighted by molar-refractivity contribution is -0.385. The molecule has 0 saturated carbocycles. The van der Waals surface area contributed by atoms with E-state index in [-0.39, 0.29) is 18.3 Å². The van der Waals surface area contributed by atoms with Crippen molar-refractivity contribution >= 4 is 5.69 Å². The minimum Gasteiger partial charge on any atom is -0.474 e. The molecule has 0 aromatic carbocycles. The van der Waals surface area contributed by atoms with E-state index in [0.717, 1.165) is 6.20 Å². The molecule has 22 heavy (non-hydrogen) atoms. The van der Waals surface area contributed by atoms with E-state index in [1.807, 2.05) is 0 Å². The summed E-state index contributed by atoms with van der Waals surface area (Å²) in [6, 6.07) is 2.73. The molecule has 0 unspecified atom stereocenters. The molecule has 2 rings (SSSR count). The van der Waals surface area contributed by atoms with Gasteiger partial charge >= 0.3 is 6.18 Å². The Morgan fingerprint density at radius 2 is 2.05 bits per heavy atom. The largest absolute Gasteiger partial charge is 0.474 e. The molecular weight excluding hydrogens is 303 g/mol. The van der Waals surface area contributed by atoms with Gasteiger partial charge in [-0.05, 0) is 12.8 Å². The van der Waals surface area contributed by atoms with Gasteiger partial charge in [-0.1, -0.05) is 0 Å². The van der Waals surface area contributed by atoms with Crippen LogP contribution < -0.4 is 4.74 Å². The Kier molecular flexibility index (Phi) is 5.17. The Balaban J connectivity index is 1.76. The number of ether oxygens (including phenoxy) is 1. The molecule has 122 valence electrons. The van der Waals surface area contributed by atoms with Crippen molar-refractivity contribution in [3.05, 3.63) is 28.4 Å². The highest BCUT2D eigenvalue weighted by Gasteiger charge is 2.29. The maximum Gasteiger partial charge on any atom is 0.390 e. The fourth-order valence-electron chi connectivity index (χ4n) is 2.26. The molecule has 0 aliphatic carbocycles. The molecule has 0 bridgehead atoms. The highest BCUT2D eigenvalue weighted by Crippen LogP contribution is 2.23. The van der Waals surface area contributed by atoms with Gasteiger partial charge in [-0.15, -0.1) is 0 Å². The number of hydrogen-bond donors (Lipinski definition) is 0. The molecule has 6 nitrogen and oxygen atoms in total. The Hall–Kier alpha value is -1.90. The van der Waals surface area contributed by atoms with Crippen LogP contribution in [0.3, 0.4) is 0 Å². The van der Waals surface area contributed by atoms with Gasteiger partial charge in [0, 0.05) is 31.8 Å². The van der Waals surface area contributed by atoms with Crippen LogP contribution in [-0.4, -0.2) is 46.7 Å². The maximum absolute atomic E-state index is 12.2. The van der Waals surface area contributed by atoms with Crippen LogP contribution in [-0.2, 0) is 0 Å². The SMILES string of the molecule is O=[N+]([O-])c1ccc(OC2CCN(CCC(F)(F)F)CC2)nc1. The van der Waals surface area contributed by atoms with Gasteiger partial charge < -0.3 is 9.64 Å². The normalized spacial score (nSPS) is 17.4. The Morgan fingerprint density at radius 1 is 1.36 bits per heavy atom. The van der Waals surface area contributed by atoms with E-state index in [1.165, 1.54) is 12.1 Å². The second-order valence-electron chi connectivity index (χ2n) is 5.14. The van der Waals surface area contributed by atoms with Crippen molar-refractivity contribution in [2.75, 3.05) is 19.6 Å². The van der Waals surface area contributed by atoms with E-state index < -0.39 is 17.5 Å². The number of alkyl halides is 3. The van der Waals surface area contributed by atoms with Crippen LogP contribution >= 0.6 is 0 Å². The first kappa shape index (κ1) is 16.5. The van der Waals surface area contributed by atoms with Crippen LogP contribution in [0.5, 0.6) is 5.88 Å². The molecule has 9 heteroatoms. The molecule has 2 heterocycles. The summed E-state index contributed by atoms with van der Waals surface area (Å²) in [5, 5.41) is 10.5. The lowest BCUT2D eigenvalue weighted by Gasteiger charge is -2.31. The molecule has 1 saturated heterocycles. The third-order valence-corrected chi connectivity index (χ3v) is 3.47. The number of nitro groups is 1. The quantitative estimate of drug-likeness (QED) is 0.616. The fourth-order valence-corrected chi connectivity index (χ4v) is 2.26. The van der Waals surface area contributed by atoms with Crippen LogP contribution in [0, 0.1) is 10.1 Å². The monoisotopic (exact) mass is 319 g/mol. The number of likely N-dealkylation sites (tertiary alicyclic amines) is 1. The lowest BCUT2D eigenvalue weighted by Crippen LogP contribution is -2.39. The van der Waals surface area contributed by atoms with Gasteiger partial charge in [0.2, 0.25) is 5.88 Å². The second-order valence-corrected chi connectivity index (χ2v) is 5.14. The zero-order valence-electron chi connectivity index (χ0n) is 11.8. The van der Waals surface area contributed by atoms with Crippen LogP contribution in [0.2, 0.25) is 0 Å². The van der Waals surface area contributed by atoms with Gasteiger partial charge in [-0.25, -0.2) is 4.98 Å². The minimum absolute atomic E-state index is 0.00595. The van der Waals surface area contributed by atoms with E-state index in [2.05, 4.69) is 4.98 Å². The maximum atomic E-state index is 12.2. The van der Waals surface area contributed by atoms with Crippen molar-refractivity contribution in [1.29, 1.82) is 0 Å². The number of nitrogens with zero attached hydrogens (tertiary/aromatic N) is 3. The summed E-state index contributed by atoms with van der Waals surface area (Å²) >= 11 is 0. The highest BCUT2D eigenvalue weighted by atomic mass is 19.4. The zero-order valence-corrected chi connectivity index (χ0v) is 11.8. The first-order chi connectivity index (χ1) is 10.3. The summed E-state index contributed by atoms with van der Waals surface area (Å²) in [6.07, 6.45) is -2.73. The van der Waals surface area contributed by atoms with Crippen molar-refractivity contribution in [1.82, 2.24) is 9.88 Å². The third kappa shape index (κ3) is 5.14. The number of hydrogen-bond acceptors (Lipinski definition) is 5. The highest BCUT2D eigenvalue weighted by molar-refractivity contribution is 5.28. The van der Waals surface area contributed by atoms with Gasteiger partial charge in [0.25, 0.3) is 5.69 Å². The van der Waals surface area contributed by atoms with Crippen molar-refractivity contribution in [3.8, 4) is 5.88 Å². The van der Waals surface area contributed by atoms with Crippen molar-refractivity contribution in [3.63, 3.8) is 0 Å². The first-order valence-electron chi connectivity index (χ1n) is 6.90. The average Bonchev–Trinajstić information content (AvgIpc) is 2.46. The molecule has 0 atom stereocenters. The van der Waals surface area contributed by atoms with Gasteiger partial charge in [0.05, 0.1) is 11.3 Å². The summed E-state index contributed by atoms with van der Waals surface area (Å²) in [6.45, 7) is 1.08. The van der Waals surface area contributed by atoms with Gasteiger partial charge in [-0.3, -0.25) is 10.1 Å². The summed E-state index contributed by atoms with van der Waals surface area (Å²) in [7, 11) is 0. The molecular formula is C13H16F3N3O3. The predicted molar refractivity (Wildman–Crippen MR) is 71.7 cm³/mol. The Morgan fingerprint density at radius 3 is 2.55 bits per heavy atom.